The summed E-state index contributed by atoms with van der Waals surface area (Å²) in [5, 5.41) is 3.49. The lowest BCUT2D eigenvalue weighted by Crippen LogP contribution is -2.14. The first-order valence-electron chi connectivity index (χ1n) is 6.94. The fraction of sp³-hybridized carbons (Fsp3) is 0.333. The summed E-state index contributed by atoms with van der Waals surface area (Å²) in [5.41, 5.74) is -1.56. The van der Waals surface area contributed by atoms with Crippen molar-refractivity contribution in [1.29, 1.82) is 0 Å². The van der Waals surface area contributed by atoms with Crippen LogP contribution >= 0.6 is 0 Å². The van der Waals surface area contributed by atoms with E-state index < -0.39 is 23.4 Å². The minimum atomic E-state index is -4.76. The van der Waals surface area contributed by atoms with E-state index in [-0.39, 0.29) is 6.61 Å². The Labute approximate surface area is 130 Å². The highest BCUT2D eigenvalue weighted by Crippen LogP contribution is 2.32. The van der Waals surface area contributed by atoms with Gasteiger partial charge in [-0.2, -0.15) is 18.3 Å². The molecule has 8 heteroatoms. The van der Waals surface area contributed by atoms with E-state index in [2.05, 4.69) is 9.84 Å². The van der Waals surface area contributed by atoms with Gasteiger partial charge in [-0.3, -0.25) is 0 Å². The summed E-state index contributed by atoms with van der Waals surface area (Å²) in [6.45, 7) is 3.70. The van der Waals surface area contributed by atoms with Crippen molar-refractivity contribution in [3.63, 3.8) is 0 Å². The van der Waals surface area contributed by atoms with Crippen LogP contribution in [0.1, 0.15) is 29.9 Å². The third kappa shape index (κ3) is 3.82. The zero-order valence-corrected chi connectivity index (χ0v) is 12.6. The minimum Gasteiger partial charge on any atom is -0.494 e. The van der Waals surface area contributed by atoms with Gasteiger partial charge in [-0.15, -0.1) is 0 Å². The molecule has 0 saturated carbocycles. The maximum atomic E-state index is 13.1. The molecule has 1 heterocycles. The van der Waals surface area contributed by atoms with Gasteiger partial charge in [0.15, 0.2) is 5.69 Å². The molecule has 124 valence electrons. The van der Waals surface area contributed by atoms with Gasteiger partial charge in [0.05, 0.1) is 18.9 Å². The van der Waals surface area contributed by atoms with Gasteiger partial charge in [0, 0.05) is 12.3 Å². The van der Waals surface area contributed by atoms with Gasteiger partial charge < -0.3 is 9.47 Å². The van der Waals surface area contributed by atoms with E-state index in [1.807, 2.05) is 0 Å². The first kappa shape index (κ1) is 16.9. The van der Waals surface area contributed by atoms with Crippen LogP contribution in [0.5, 0.6) is 5.75 Å². The van der Waals surface area contributed by atoms with Crippen LogP contribution in [-0.2, 0) is 10.9 Å². The molecule has 0 saturated heterocycles. The third-order valence-corrected chi connectivity index (χ3v) is 2.87. The van der Waals surface area contributed by atoms with E-state index in [1.165, 1.54) is 13.0 Å². The smallest absolute Gasteiger partial charge is 0.436 e. The molecule has 5 nitrogen and oxygen atoms in total. The predicted octanol–water partition coefficient (Wildman–Crippen LogP) is 3.47. The first-order chi connectivity index (χ1) is 10.9. The molecular weight excluding hydrogens is 313 g/mol. The molecule has 2 rings (SSSR count). The molecule has 0 amide bonds. The normalized spacial score (nSPS) is 11.3. The Morgan fingerprint density at radius 3 is 2.61 bits per heavy atom. The van der Waals surface area contributed by atoms with Crippen molar-refractivity contribution in [3.8, 4) is 11.4 Å². The van der Waals surface area contributed by atoms with Crippen LogP contribution in [0.25, 0.3) is 5.69 Å². The topological polar surface area (TPSA) is 53.4 Å². The molecule has 0 aliphatic carbocycles. The number of hydrogen-bond acceptors (Lipinski definition) is 4. The van der Waals surface area contributed by atoms with Crippen LogP contribution in [0.4, 0.5) is 13.2 Å². The second kappa shape index (κ2) is 6.72. The van der Waals surface area contributed by atoms with Crippen molar-refractivity contribution in [2.45, 2.75) is 20.0 Å². The van der Waals surface area contributed by atoms with E-state index in [1.54, 1.807) is 25.1 Å². The number of esters is 1. The number of carbonyl (C=O) groups excluding carboxylic acids is 1. The minimum absolute atomic E-state index is 0.0267. The van der Waals surface area contributed by atoms with Gasteiger partial charge in [0.2, 0.25) is 0 Å². The number of aromatic nitrogens is 2. The van der Waals surface area contributed by atoms with Gasteiger partial charge >= 0.3 is 12.1 Å². The van der Waals surface area contributed by atoms with E-state index in [4.69, 9.17) is 4.74 Å². The number of ether oxygens (including phenoxy) is 2. The SMILES string of the molecule is CCOC(=O)c1cn(-c2cccc(OCC)c2)nc1C(F)(F)F. The molecule has 2 aromatic rings. The maximum Gasteiger partial charge on any atom is 0.436 e. The number of hydrogen-bond donors (Lipinski definition) is 0. The third-order valence-electron chi connectivity index (χ3n) is 2.87. The zero-order valence-electron chi connectivity index (χ0n) is 12.6. The largest absolute Gasteiger partial charge is 0.494 e. The summed E-state index contributed by atoms with van der Waals surface area (Å²) in [6, 6.07) is 6.39. The number of rotatable bonds is 5. The van der Waals surface area contributed by atoms with E-state index >= 15 is 0 Å². The first-order valence-corrected chi connectivity index (χ1v) is 6.94. The van der Waals surface area contributed by atoms with Crippen molar-refractivity contribution in [1.82, 2.24) is 9.78 Å². The summed E-state index contributed by atoms with van der Waals surface area (Å²) in [4.78, 5) is 11.7. The van der Waals surface area contributed by atoms with Gasteiger partial charge in [-0.25, -0.2) is 9.48 Å². The van der Waals surface area contributed by atoms with Crippen molar-refractivity contribution in [2.24, 2.45) is 0 Å². The monoisotopic (exact) mass is 328 g/mol. The molecule has 0 N–H and O–H groups in total. The average molecular weight is 328 g/mol. The lowest BCUT2D eigenvalue weighted by Gasteiger charge is -2.06. The van der Waals surface area contributed by atoms with Crippen LogP contribution in [0.15, 0.2) is 30.5 Å². The second-order valence-electron chi connectivity index (χ2n) is 4.48. The Bertz CT molecular complexity index is 696. The Kier molecular flexibility index (Phi) is 4.92. The molecule has 0 aliphatic rings. The van der Waals surface area contributed by atoms with E-state index in [0.717, 1.165) is 10.9 Å². The van der Waals surface area contributed by atoms with Gasteiger partial charge in [-0.05, 0) is 26.0 Å². The highest BCUT2D eigenvalue weighted by Gasteiger charge is 2.39. The van der Waals surface area contributed by atoms with Crippen molar-refractivity contribution in [2.75, 3.05) is 13.2 Å². The summed E-state index contributed by atoms with van der Waals surface area (Å²) < 4.78 is 50.2. The molecule has 23 heavy (non-hydrogen) atoms. The van der Waals surface area contributed by atoms with Crippen molar-refractivity contribution >= 4 is 5.97 Å². The number of alkyl halides is 3. The standard InChI is InChI=1S/C15H15F3N2O3/c1-3-22-11-7-5-6-10(8-11)20-9-12(14(21)23-4-2)13(19-20)15(16,17)18/h5-9H,3-4H2,1-2H3. The molecule has 0 spiro atoms. The fourth-order valence-corrected chi connectivity index (χ4v) is 1.96. The second-order valence-corrected chi connectivity index (χ2v) is 4.48. The molecule has 0 radical (unpaired) electrons. The van der Waals surface area contributed by atoms with Crippen LogP contribution in [0, 0.1) is 0 Å². The van der Waals surface area contributed by atoms with Gasteiger partial charge in [0.1, 0.15) is 11.3 Å². The molecule has 1 aromatic heterocycles. The molecule has 0 fully saturated rings. The van der Waals surface area contributed by atoms with Crippen LogP contribution in [0.3, 0.4) is 0 Å². The molecule has 1 aromatic carbocycles. The Morgan fingerprint density at radius 1 is 1.26 bits per heavy atom. The number of nitrogens with zero attached hydrogens (tertiary/aromatic N) is 2. The number of benzene rings is 1. The average Bonchev–Trinajstić information content (AvgIpc) is 2.93. The summed E-state index contributed by atoms with van der Waals surface area (Å²) in [6.07, 6.45) is -3.75. The number of halogens is 3. The zero-order chi connectivity index (χ0) is 17.0. The molecule has 0 unspecified atom stereocenters. The highest BCUT2D eigenvalue weighted by molar-refractivity contribution is 5.90. The van der Waals surface area contributed by atoms with Crippen molar-refractivity contribution < 1.29 is 27.4 Å². The lowest BCUT2D eigenvalue weighted by atomic mass is 10.2. The van der Waals surface area contributed by atoms with Crippen molar-refractivity contribution in [3.05, 3.63) is 41.7 Å². The summed E-state index contributed by atoms with van der Waals surface area (Å²) in [5.74, 6) is -0.571. The Balaban J connectivity index is 2.48. The summed E-state index contributed by atoms with van der Waals surface area (Å²) in [7, 11) is 0. The molecule has 0 bridgehead atoms. The Hall–Kier alpha value is -2.51. The molecule has 0 atom stereocenters. The maximum absolute atomic E-state index is 13.1. The van der Waals surface area contributed by atoms with Gasteiger partial charge in [-0.1, -0.05) is 6.07 Å². The highest BCUT2D eigenvalue weighted by atomic mass is 19.4. The number of carbonyl (C=O) groups is 1. The summed E-state index contributed by atoms with van der Waals surface area (Å²) >= 11 is 0. The van der Waals surface area contributed by atoms with Gasteiger partial charge in [0.25, 0.3) is 0 Å². The van der Waals surface area contributed by atoms with Crippen LogP contribution < -0.4 is 4.74 Å². The quantitative estimate of drug-likeness (QED) is 0.789. The lowest BCUT2D eigenvalue weighted by molar-refractivity contribution is -0.141. The molecule has 0 aliphatic heterocycles. The van der Waals surface area contributed by atoms with Crippen LogP contribution in [0.2, 0.25) is 0 Å². The fourth-order valence-electron chi connectivity index (χ4n) is 1.96. The van der Waals surface area contributed by atoms with Crippen LogP contribution in [-0.4, -0.2) is 29.0 Å². The Morgan fingerprint density at radius 2 is 2.00 bits per heavy atom. The molecular formula is C15H15F3N2O3. The predicted molar refractivity (Wildman–Crippen MR) is 75.7 cm³/mol. The van der Waals surface area contributed by atoms with E-state index in [9.17, 15) is 18.0 Å². The van der Waals surface area contributed by atoms with E-state index in [0.29, 0.717) is 18.0 Å².